The lowest BCUT2D eigenvalue weighted by molar-refractivity contribution is -0.144. The number of benzene rings is 1. The van der Waals surface area contributed by atoms with E-state index in [-0.39, 0.29) is 36.7 Å². The Labute approximate surface area is 151 Å². The van der Waals surface area contributed by atoms with Crippen LogP contribution in [0.15, 0.2) is 21.0 Å². The first-order chi connectivity index (χ1) is 11.3. The molecule has 0 spiro atoms. The Morgan fingerprint density at radius 3 is 2.62 bits per heavy atom. The number of amides is 1. The Morgan fingerprint density at radius 2 is 2.00 bits per heavy atom. The Hall–Kier alpha value is -1.86. The minimum absolute atomic E-state index is 0.0254. The Kier molecular flexibility index (Phi) is 6.01. The van der Waals surface area contributed by atoms with E-state index in [4.69, 9.17) is 20.8 Å². The van der Waals surface area contributed by atoms with E-state index in [0.717, 1.165) is 0 Å². The molecule has 2 aromatic rings. The van der Waals surface area contributed by atoms with Crippen molar-refractivity contribution in [2.24, 2.45) is 0 Å². The SMILES string of the molecule is CCOC(=O)CCC(=O)Nc1c(C(C)=O)oc2c(Br)cc(Cl)cc12. The zero-order valence-electron chi connectivity index (χ0n) is 13.1. The van der Waals surface area contributed by atoms with Gasteiger partial charge in [0.15, 0.2) is 17.1 Å². The number of halogens is 2. The normalized spacial score (nSPS) is 10.7. The summed E-state index contributed by atoms with van der Waals surface area (Å²) in [6, 6.07) is 3.22. The van der Waals surface area contributed by atoms with Gasteiger partial charge in [-0.25, -0.2) is 0 Å². The summed E-state index contributed by atoms with van der Waals surface area (Å²) in [6.07, 6.45) is -0.111. The molecule has 24 heavy (non-hydrogen) atoms. The largest absolute Gasteiger partial charge is 0.466 e. The number of carbonyl (C=O) groups is 3. The van der Waals surface area contributed by atoms with Crippen LogP contribution < -0.4 is 5.32 Å². The van der Waals surface area contributed by atoms with Crippen molar-refractivity contribution in [3.63, 3.8) is 0 Å². The van der Waals surface area contributed by atoms with Crippen molar-refractivity contribution in [2.75, 3.05) is 11.9 Å². The summed E-state index contributed by atoms with van der Waals surface area (Å²) in [7, 11) is 0. The second-order valence-electron chi connectivity index (χ2n) is 4.98. The maximum absolute atomic E-state index is 12.1. The molecule has 2 rings (SSSR count). The second kappa shape index (κ2) is 7.81. The van der Waals surface area contributed by atoms with Crippen molar-refractivity contribution in [3.05, 3.63) is 27.4 Å². The molecule has 0 aliphatic heterocycles. The number of ketones is 1. The van der Waals surface area contributed by atoms with Crippen molar-refractivity contribution in [2.45, 2.75) is 26.7 Å². The van der Waals surface area contributed by atoms with Crippen LogP contribution >= 0.6 is 27.5 Å². The minimum atomic E-state index is -0.456. The van der Waals surface area contributed by atoms with Crippen LogP contribution in [0.3, 0.4) is 0 Å². The molecule has 0 radical (unpaired) electrons. The fourth-order valence-electron chi connectivity index (χ4n) is 2.15. The molecule has 0 atom stereocenters. The van der Waals surface area contributed by atoms with Gasteiger partial charge in [-0.15, -0.1) is 0 Å². The van der Waals surface area contributed by atoms with Crippen molar-refractivity contribution in [1.29, 1.82) is 0 Å². The van der Waals surface area contributed by atoms with Crippen LogP contribution in [-0.2, 0) is 14.3 Å². The van der Waals surface area contributed by atoms with E-state index in [0.29, 0.717) is 20.5 Å². The molecule has 0 aliphatic carbocycles. The third-order valence-electron chi connectivity index (χ3n) is 3.15. The van der Waals surface area contributed by atoms with Crippen molar-refractivity contribution < 1.29 is 23.5 Å². The van der Waals surface area contributed by atoms with Gasteiger partial charge >= 0.3 is 5.97 Å². The van der Waals surface area contributed by atoms with E-state index in [1.54, 1.807) is 19.1 Å². The lowest BCUT2D eigenvalue weighted by atomic mass is 10.2. The number of hydrogen-bond acceptors (Lipinski definition) is 5. The van der Waals surface area contributed by atoms with Crippen LogP contribution in [0.2, 0.25) is 5.02 Å². The minimum Gasteiger partial charge on any atom is -0.466 e. The first kappa shape index (κ1) is 18.5. The fraction of sp³-hybridized carbons (Fsp3) is 0.312. The third-order valence-corrected chi connectivity index (χ3v) is 3.96. The van der Waals surface area contributed by atoms with Gasteiger partial charge in [0.05, 0.1) is 23.2 Å². The van der Waals surface area contributed by atoms with Crippen molar-refractivity contribution in [1.82, 2.24) is 0 Å². The lowest BCUT2D eigenvalue weighted by Gasteiger charge is -2.05. The van der Waals surface area contributed by atoms with Gasteiger partial charge in [-0.05, 0) is 35.0 Å². The van der Waals surface area contributed by atoms with Gasteiger partial charge in [-0.1, -0.05) is 11.6 Å². The first-order valence-electron chi connectivity index (χ1n) is 7.21. The Bertz CT molecular complexity index is 814. The first-order valence-corrected chi connectivity index (χ1v) is 8.38. The quantitative estimate of drug-likeness (QED) is 0.559. The topological polar surface area (TPSA) is 85.6 Å². The van der Waals surface area contributed by atoms with Gasteiger partial charge in [-0.2, -0.15) is 0 Å². The second-order valence-corrected chi connectivity index (χ2v) is 6.27. The molecular weight excluding hydrogens is 402 g/mol. The lowest BCUT2D eigenvalue weighted by Crippen LogP contribution is -2.15. The summed E-state index contributed by atoms with van der Waals surface area (Å²) in [5.74, 6) is -1.20. The average molecular weight is 417 g/mol. The molecule has 1 aromatic heterocycles. The van der Waals surface area contributed by atoms with Gasteiger partial charge in [0, 0.05) is 23.8 Å². The van der Waals surface area contributed by atoms with Crippen molar-refractivity contribution in [3.8, 4) is 0 Å². The van der Waals surface area contributed by atoms with Crippen LogP contribution in [0.5, 0.6) is 0 Å². The summed E-state index contributed by atoms with van der Waals surface area (Å²) < 4.78 is 10.9. The predicted molar refractivity (Wildman–Crippen MR) is 93.4 cm³/mol. The third kappa shape index (κ3) is 4.15. The van der Waals surface area contributed by atoms with E-state index in [1.807, 2.05) is 0 Å². The van der Waals surface area contributed by atoms with E-state index >= 15 is 0 Å². The molecule has 0 saturated carbocycles. The smallest absolute Gasteiger partial charge is 0.306 e. The highest BCUT2D eigenvalue weighted by Crippen LogP contribution is 2.37. The molecule has 1 heterocycles. The maximum atomic E-state index is 12.1. The summed E-state index contributed by atoms with van der Waals surface area (Å²) >= 11 is 9.34. The Morgan fingerprint density at radius 1 is 1.29 bits per heavy atom. The van der Waals surface area contributed by atoms with E-state index in [2.05, 4.69) is 21.2 Å². The fourth-order valence-corrected chi connectivity index (χ4v) is 3.04. The molecule has 1 amide bonds. The Balaban J connectivity index is 2.30. The van der Waals surface area contributed by atoms with Crippen LogP contribution in [-0.4, -0.2) is 24.3 Å². The van der Waals surface area contributed by atoms with Gasteiger partial charge in [-0.3, -0.25) is 14.4 Å². The van der Waals surface area contributed by atoms with Gasteiger partial charge in [0.2, 0.25) is 5.91 Å². The van der Waals surface area contributed by atoms with Crippen LogP contribution in [0.25, 0.3) is 11.0 Å². The summed E-state index contributed by atoms with van der Waals surface area (Å²) in [6.45, 7) is 3.28. The number of rotatable bonds is 6. The number of nitrogens with one attached hydrogen (secondary N) is 1. The molecule has 0 unspecified atom stereocenters. The number of fused-ring (bicyclic) bond motifs is 1. The molecular formula is C16H15BrClNO5. The zero-order chi connectivity index (χ0) is 17.9. The summed E-state index contributed by atoms with van der Waals surface area (Å²) in [5.41, 5.74) is 0.653. The molecule has 6 nitrogen and oxygen atoms in total. The number of Topliss-reactive ketones (excluding diaryl/α,β-unsaturated/α-hetero) is 1. The van der Waals surface area contributed by atoms with Crippen LogP contribution in [0.4, 0.5) is 5.69 Å². The van der Waals surface area contributed by atoms with E-state index in [1.165, 1.54) is 6.92 Å². The van der Waals surface area contributed by atoms with E-state index < -0.39 is 11.9 Å². The van der Waals surface area contributed by atoms with E-state index in [9.17, 15) is 14.4 Å². The molecule has 0 fully saturated rings. The maximum Gasteiger partial charge on any atom is 0.306 e. The summed E-state index contributed by atoms with van der Waals surface area (Å²) in [5, 5.41) is 3.55. The molecule has 128 valence electrons. The number of hydrogen-bond donors (Lipinski definition) is 1. The molecule has 8 heteroatoms. The van der Waals surface area contributed by atoms with Crippen molar-refractivity contribution >= 4 is 61.8 Å². The molecule has 1 aromatic carbocycles. The van der Waals surface area contributed by atoms with Crippen LogP contribution in [0, 0.1) is 0 Å². The number of anilines is 1. The standard InChI is InChI=1S/C16H15BrClNO5/c1-3-23-13(22)5-4-12(21)19-14-10-6-9(18)7-11(17)16(10)24-15(14)8(2)20/h6-7H,3-5H2,1-2H3,(H,19,21). The number of esters is 1. The van der Waals surface area contributed by atoms with Gasteiger partial charge < -0.3 is 14.5 Å². The van der Waals surface area contributed by atoms with Gasteiger partial charge in [0.25, 0.3) is 0 Å². The average Bonchev–Trinajstić information content (AvgIpc) is 2.85. The number of ether oxygens (including phenoxy) is 1. The van der Waals surface area contributed by atoms with Gasteiger partial charge in [0.1, 0.15) is 0 Å². The zero-order valence-corrected chi connectivity index (χ0v) is 15.4. The molecule has 1 N–H and O–H groups in total. The number of furan rings is 1. The molecule has 0 bridgehead atoms. The highest BCUT2D eigenvalue weighted by atomic mass is 79.9. The highest BCUT2D eigenvalue weighted by molar-refractivity contribution is 9.10. The molecule has 0 saturated heterocycles. The number of carbonyl (C=O) groups excluding carboxylic acids is 3. The highest BCUT2D eigenvalue weighted by Gasteiger charge is 2.22. The monoisotopic (exact) mass is 415 g/mol. The summed E-state index contributed by atoms with van der Waals surface area (Å²) in [4.78, 5) is 35.2. The van der Waals surface area contributed by atoms with Crippen LogP contribution in [0.1, 0.15) is 37.2 Å². The molecule has 0 aliphatic rings. The predicted octanol–water partition coefficient (Wildman–Crippen LogP) is 4.33.